The lowest BCUT2D eigenvalue weighted by molar-refractivity contribution is 0.103. The van der Waals surface area contributed by atoms with Gasteiger partial charge in [0.15, 0.2) is 0 Å². The smallest absolute Gasteiger partial charge is 0.207 e. The molecule has 0 spiro atoms. The summed E-state index contributed by atoms with van der Waals surface area (Å²) in [5, 5.41) is 1.78. The van der Waals surface area contributed by atoms with Crippen molar-refractivity contribution >= 4 is 33.0 Å². The molecule has 1 heterocycles. The molecule has 1 aromatic carbocycles. The Bertz CT molecular complexity index is 565. The van der Waals surface area contributed by atoms with Gasteiger partial charge in [0.2, 0.25) is 5.78 Å². The molecule has 0 aliphatic carbocycles. The summed E-state index contributed by atoms with van der Waals surface area (Å²) in [4.78, 5) is 12.7. The van der Waals surface area contributed by atoms with Crippen molar-refractivity contribution in [3.8, 4) is 5.75 Å². The van der Waals surface area contributed by atoms with Crippen LogP contribution in [-0.2, 0) is 0 Å². The van der Waals surface area contributed by atoms with E-state index < -0.39 is 0 Å². The van der Waals surface area contributed by atoms with Gasteiger partial charge in [-0.25, -0.2) is 4.39 Å². The molecule has 0 aliphatic rings. The zero-order valence-corrected chi connectivity index (χ0v) is 11.3. The average Bonchev–Trinajstić information content (AvgIpc) is 2.76. The zero-order chi connectivity index (χ0) is 12.4. The van der Waals surface area contributed by atoms with Gasteiger partial charge in [-0.1, -0.05) is 0 Å². The Morgan fingerprint density at radius 3 is 2.82 bits per heavy atom. The molecule has 0 radical (unpaired) electrons. The second kappa shape index (κ2) is 4.98. The highest BCUT2D eigenvalue weighted by Gasteiger charge is 2.18. The van der Waals surface area contributed by atoms with Crippen molar-refractivity contribution in [3.63, 3.8) is 0 Å². The minimum Gasteiger partial charge on any atom is -0.495 e. The van der Waals surface area contributed by atoms with Crippen molar-refractivity contribution in [2.45, 2.75) is 0 Å². The van der Waals surface area contributed by atoms with Gasteiger partial charge in [-0.3, -0.25) is 4.79 Å². The molecule has 2 aromatic rings. The molecule has 5 heteroatoms. The van der Waals surface area contributed by atoms with Crippen LogP contribution < -0.4 is 4.74 Å². The monoisotopic (exact) mass is 314 g/mol. The molecular weight excluding hydrogens is 307 g/mol. The van der Waals surface area contributed by atoms with Crippen molar-refractivity contribution in [2.75, 3.05) is 7.11 Å². The minimum absolute atomic E-state index is 0.177. The summed E-state index contributed by atoms with van der Waals surface area (Å²) < 4.78 is 18.5. The predicted molar refractivity (Wildman–Crippen MR) is 68.4 cm³/mol. The third kappa shape index (κ3) is 2.40. The molecule has 0 saturated carbocycles. The SMILES string of the molecule is COc1ccsc1C(=O)c1ccc(F)cc1Br. The Labute approximate surface area is 110 Å². The maximum Gasteiger partial charge on any atom is 0.207 e. The van der Waals surface area contributed by atoms with Crippen molar-refractivity contribution in [3.05, 3.63) is 50.4 Å². The van der Waals surface area contributed by atoms with E-state index in [1.807, 2.05) is 0 Å². The normalized spacial score (nSPS) is 10.3. The van der Waals surface area contributed by atoms with Gasteiger partial charge < -0.3 is 4.74 Å². The number of hydrogen-bond acceptors (Lipinski definition) is 3. The summed E-state index contributed by atoms with van der Waals surface area (Å²) in [5.74, 6) is -0.0217. The molecule has 17 heavy (non-hydrogen) atoms. The molecule has 0 bridgehead atoms. The highest BCUT2D eigenvalue weighted by molar-refractivity contribution is 9.10. The van der Waals surface area contributed by atoms with Gasteiger partial charge in [0.1, 0.15) is 16.4 Å². The van der Waals surface area contributed by atoms with Gasteiger partial charge in [0.25, 0.3) is 0 Å². The molecule has 88 valence electrons. The second-order valence-corrected chi connectivity index (χ2v) is 5.04. The maximum absolute atomic E-state index is 12.9. The summed E-state index contributed by atoms with van der Waals surface area (Å²) in [6.07, 6.45) is 0. The van der Waals surface area contributed by atoms with Crippen molar-refractivity contribution < 1.29 is 13.9 Å². The number of benzene rings is 1. The Morgan fingerprint density at radius 2 is 2.18 bits per heavy atom. The van der Waals surface area contributed by atoms with E-state index in [0.29, 0.717) is 20.7 Å². The van der Waals surface area contributed by atoms with E-state index in [4.69, 9.17) is 4.74 Å². The van der Waals surface area contributed by atoms with Crippen LogP contribution in [0.25, 0.3) is 0 Å². The zero-order valence-electron chi connectivity index (χ0n) is 8.87. The fourth-order valence-electron chi connectivity index (χ4n) is 1.42. The van der Waals surface area contributed by atoms with Crippen molar-refractivity contribution in [1.82, 2.24) is 0 Å². The van der Waals surface area contributed by atoms with Crippen LogP contribution in [0.3, 0.4) is 0 Å². The highest BCUT2D eigenvalue weighted by Crippen LogP contribution is 2.29. The fourth-order valence-corrected chi connectivity index (χ4v) is 2.76. The van der Waals surface area contributed by atoms with E-state index in [1.54, 1.807) is 11.4 Å². The van der Waals surface area contributed by atoms with Gasteiger partial charge in [0.05, 0.1) is 7.11 Å². The van der Waals surface area contributed by atoms with E-state index in [1.165, 1.54) is 36.6 Å². The van der Waals surface area contributed by atoms with Crippen LogP contribution >= 0.6 is 27.3 Å². The Hall–Kier alpha value is -1.20. The van der Waals surface area contributed by atoms with E-state index in [-0.39, 0.29) is 11.6 Å². The summed E-state index contributed by atoms with van der Waals surface area (Å²) in [6.45, 7) is 0. The number of thiophene rings is 1. The first-order chi connectivity index (χ1) is 8.13. The maximum atomic E-state index is 12.9. The number of carbonyl (C=O) groups is 1. The van der Waals surface area contributed by atoms with Crippen LogP contribution in [0.15, 0.2) is 34.1 Å². The van der Waals surface area contributed by atoms with Crippen LogP contribution in [0.1, 0.15) is 15.2 Å². The molecule has 0 aliphatic heterocycles. The number of ketones is 1. The fraction of sp³-hybridized carbons (Fsp3) is 0.0833. The van der Waals surface area contributed by atoms with Gasteiger partial charge >= 0.3 is 0 Å². The molecular formula is C12H8BrFO2S. The molecule has 0 atom stereocenters. The third-order valence-electron chi connectivity index (χ3n) is 2.23. The Balaban J connectivity index is 2.44. The topological polar surface area (TPSA) is 26.3 Å². The van der Waals surface area contributed by atoms with Gasteiger partial charge in [-0.15, -0.1) is 11.3 Å². The lowest BCUT2D eigenvalue weighted by Crippen LogP contribution is -2.02. The van der Waals surface area contributed by atoms with Crippen LogP contribution in [0.5, 0.6) is 5.75 Å². The van der Waals surface area contributed by atoms with Crippen molar-refractivity contribution in [1.29, 1.82) is 0 Å². The van der Waals surface area contributed by atoms with Gasteiger partial charge in [0, 0.05) is 10.0 Å². The first-order valence-corrected chi connectivity index (χ1v) is 6.42. The molecule has 0 unspecified atom stereocenters. The standard InChI is InChI=1S/C12H8BrFO2S/c1-16-10-4-5-17-12(10)11(15)8-3-2-7(14)6-9(8)13/h2-6H,1H3. The molecule has 0 N–H and O–H groups in total. The minimum atomic E-state index is -0.383. The lowest BCUT2D eigenvalue weighted by atomic mass is 10.1. The predicted octanol–water partition coefficient (Wildman–Crippen LogP) is 3.89. The van der Waals surface area contributed by atoms with Crippen LogP contribution in [-0.4, -0.2) is 12.9 Å². The average molecular weight is 315 g/mol. The highest BCUT2D eigenvalue weighted by atomic mass is 79.9. The van der Waals surface area contributed by atoms with E-state index in [9.17, 15) is 9.18 Å². The molecule has 2 rings (SSSR count). The first-order valence-electron chi connectivity index (χ1n) is 4.74. The summed E-state index contributed by atoms with van der Waals surface area (Å²) >= 11 is 4.48. The van der Waals surface area contributed by atoms with Crippen molar-refractivity contribution in [2.24, 2.45) is 0 Å². The van der Waals surface area contributed by atoms with Crippen LogP contribution in [0.2, 0.25) is 0 Å². The van der Waals surface area contributed by atoms with E-state index in [0.717, 1.165) is 0 Å². The Kier molecular flexibility index (Phi) is 3.59. The van der Waals surface area contributed by atoms with E-state index >= 15 is 0 Å². The summed E-state index contributed by atoms with van der Waals surface area (Å²) in [7, 11) is 1.51. The molecule has 0 saturated heterocycles. The summed E-state index contributed by atoms with van der Waals surface area (Å²) in [5.41, 5.74) is 0.423. The summed E-state index contributed by atoms with van der Waals surface area (Å²) in [6, 6.07) is 5.72. The number of carbonyl (C=O) groups excluding carboxylic acids is 1. The van der Waals surface area contributed by atoms with Gasteiger partial charge in [-0.2, -0.15) is 0 Å². The molecule has 0 fully saturated rings. The number of halogens is 2. The molecule has 1 aromatic heterocycles. The number of hydrogen-bond donors (Lipinski definition) is 0. The van der Waals surface area contributed by atoms with Crippen LogP contribution in [0, 0.1) is 5.82 Å². The number of methoxy groups -OCH3 is 1. The molecule has 2 nitrogen and oxygen atoms in total. The third-order valence-corrected chi connectivity index (χ3v) is 3.78. The first kappa shape index (κ1) is 12.3. The van der Waals surface area contributed by atoms with E-state index in [2.05, 4.69) is 15.9 Å². The largest absolute Gasteiger partial charge is 0.495 e. The second-order valence-electron chi connectivity index (χ2n) is 3.27. The molecule has 0 amide bonds. The quantitative estimate of drug-likeness (QED) is 0.803. The number of ether oxygens (including phenoxy) is 1. The Morgan fingerprint density at radius 1 is 1.41 bits per heavy atom. The lowest BCUT2D eigenvalue weighted by Gasteiger charge is -2.04. The van der Waals surface area contributed by atoms with Gasteiger partial charge in [-0.05, 0) is 45.6 Å². The number of rotatable bonds is 3. The van der Waals surface area contributed by atoms with Crippen LogP contribution in [0.4, 0.5) is 4.39 Å².